The van der Waals surface area contributed by atoms with Crippen molar-refractivity contribution in [1.29, 1.82) is 0 Å². The minimum atomic E-state index is -0.930. The summed E-state index contributed by atoms with van der Waals surface area (Å²) in [6.45, 7) is 1.90. The van der Waals surface area contributed by atoms with Gasteiger partial charge < -0.3 is 20.1 Å². The molecule has 19 heavy (non-hydrogen) atoms. The number of hydrogen-bond acceptors (Lipinski definition) is 4. The van der Waals surface area contributed by atoms with Crippen molar-refractivity contribution in [2.45, 2.75) is 44.7 Å². The van der Waals surface area contributed by atoms with E-state index in [1.54, 1.807) is 6.92 Å². The largest absolute Gasteiger partial charge is 0.481 e. The molecule has 7 nitrogen and oxygen atoms in total. The number of nitrogens with zero attached hydrogens (tertiary/aromatic N) is 1. The van der Waals surface area contributed by atoms with Crippen LogP contribution in [0.3, 0.4) is 0 Å². The molecule has 7 heteroatoms. The number of esters is 1. The molecule has 1 aliphatic carbocycles. The molecule has 0 bridgehead atoms. The third kappa shape index (κ3) is 5.58. The maximum absolute atomic E-state index is 12.0. The van der Waals surface area contributed by atoms with E-state index in [4.69, 9.17) is 5.11 Å². The molecule has 1 unspecified atom stereocenters. The highest BCUT2D eigenvalue weighted by molar-refractivity contribution is 5.77. The summed E-state index contributed by atoms with van der Waals surface area (Å²) < 4.78 is 4.52. The van der Waals surface area contributed by atoms with Crippen LogP contribution in [0.25, 0.3) is 0 Å². The molecule has 0 aromatic heterocycles. The molecular weight excluding hydrogens is 252 g/mol. The number of urea groups is 1. The molecule has 1 fully saturated rings. The molecule has 1 aliphatic rings. The average molecular weight is 272 g/mol. The molecule has 1 rings (SSSR count). The molecule has 0 spiro atoms. The number of carboxylic acids is 1. The lowest BCUT2D eigenvalue weighted by Gasteiger charge is -2.24. The van der Waals surface area contributed by atoms with Crippen molar-refractivity contribution in [2.75, 3.05) is 13.7 Å². The van der Waals surface area contributed by atoms with Crippen LogP contribution in [0, 0.1) is 0 Å². The van der Waals surface area contributed by atoms with Crippen molar-refractivity contribution in [3.05, 3.63) is 0 Å². The Balaban J connectivity index is 2.43. The van der Waals surface area contributed by atoms with E-state index in [1.165, 1.54) is 12.0 Å². The minimum Gasteiger partial charge on any atom is -0.481 e. The molecule has 0 radical (unpaired) electrons. The summed E-state index contributed by atoms with van der Waals surface area (Å²) in [4.78, 5) is 35.1. The summed E-state index contributed by atoms with van der Waals surface area (Å²) >= 11 is 0. The van der Waals surface area contributed by atoms with Gasteiger partial charge in [-0.2, -0.15) is 0 Å². The van der Waals surface area contributed by atoms with Crippen molar-refractivity contribution in [3.63, 3.8) is 0 Å². The van der Waals surface area contributed by atoms with Crippen LogP contribution in [0.5, 0.6) is 0 Å². The van der Waals surface area contributed by atoms with Crippen LogP contribution in [-0.4, -0.2) is 53.7 Å². The molecule has 0 aromatic carbocycles. The highest BCUT2D eigenvalue weighted by atomic mass is 16.5. The second-order valence-electron chi connectivity index (χ2n) is 4.70. The van der Waals surface area contributed by atoms with Crippen molar-refractivity contribution in [1.82, 2.24) is 10.2 Å². The number of hydrogen-bond donors (Lipinski definition) is 2. The Morgan fingerprint density at radius 3 is 2.53 bits per heavy atom. The smallest absolute Gasteiger partial charge is 0.317 e. The van der Waals surface area contributed by atoms with Gasteiger partial charge in [0, 0.05) is 18.6 Å². The van der Waals surface area contributed by atoms with E-state index in [1.807, 2.05) is 0 Å². The zero-order chi connectivity index (χ0) is 14.4. The van der Waals surface area contributed by atoms with Gasteiger partial charge in [0.25, 0.3) is 0 Å². The van der Waals surface area contributed by atoms with Crippen LogP contribution in [-0.2, 0) is 14.3 Å². The fourth-order valence-corrected chi connectivity index (χ4v) is 1.73. The number of aliphatic carboxylic acids is 1. The van der Waals surface area contributed by atoms with Gasteiger partial charge >= 0.3 is 18.0 Å². The first-order valence-electron chi connectivity index (χ1n) is 6.29. The average Bonchev–Trinajstić information content (AvgIpc) is 3.12. The van der Waals surface area contributed by atoms with Crippen LogP contribution in [0.2, 0.25) is 0 Å². The van der Waals surface area contributed by atoms with Gasteiger partial charge in [-0.25, -0.2) is 4.79 Å². The van der Waals surface area contributed by atoms with E-state index >= 15 is 0 Å². The van der Waals surface area contributed by atoms with Crippen molar-refractivity contribution >= 4 is 18.0 Å². The van der Waals surface area contributed by atoms with Gasteiger partial charge in [-0.1, -0.05) is 0 Å². The normalized spacial score (nSPS) is 15.5. The molecule has 0 aromatic rings. The third-order valence-corrected chi connectivity index (χ3v) is 2.89. The lowest BCUT2D eigenvalue weighted by molar-refractivity contribution is -0.141. The summed E-state index contributed by atoms with van der Waals surface area (Å²) in [5.41, 5.74) is 0. The molecule has 1 saturated carbocycles. The highest BCUT2D eigenvalue weighted by Gasteiger charge is 2.33. The number of ether oxygens (including phenoxy) is 1. The van der Waals surface area contributed by atoms with Crippen LogP contribution in [0.4, 0.5) is 4.79 Å². The number of carbonyl (C=O) groups is 3. The SMILES string of the molecule is COC(=O)CC(C)NC(=O)N(CCC(=O)O)C1CC1. The Morgan fingerprint density at radius 1 is 1.42 bits per heavy atom. The number of rotatable bonds is 7. The first-order valence-corrected chi connectivity index (χ1v) is 6.29. The summed E-state index contributed by atoms with van der Waals surface area (Å²) in [6.07, 6.45) is 1.83. The van der Waals surface area contributed by atoms with Crippen LogP contribution in [0.15, 0.2) is 0 Å². The van der Waals surface area contributed by atoms with E-state index < -0.39 is 11.9 Å². The minimum absolute atomic E-state index is 0.0741. The molecule has 0 saturated heterocycles. The van der Waals surface area contributed by atoms with E-state index in [9.17, 15) is 14.4 Å². The van der Waals surface area contributed by atoms with Crippen molar-refractivity contribution < 1.29 is 24.2 Å². The Morgan fingerprint density at radius 2 is 2.05 bits per heavy atom. The van der Waals surface area contributed by atoms with Gasteiger partial charge in [0.05, 0.1) is 20.0 Å². The number of carboxylic acid groups (broad SMARTS) is 1. The molecule has 1 atom stereocenters. The Bertz CT molecular complexity index is 354. The maximum atomic E-state index is 12.0. The van der Waals surface area contributed by atoms with Crippen molar-refractivity contribution in [2.24, 2.45) is 0 Å². The van der Waals surface area contributed by atoms with E-state index in [0.29, 0.717) is 0 Å². The topological polar surface area (TPSA) is 95.9 Å². The molecule has 2 N–H and O–H groups in total. The number of nitrogens with one attached hydrogen (secondary N) is 1. The second kappa shape index (κ2) is 6.96. The Labute approximate surface area is 111 Å². The summed E-state index contributed by atoms with van der Waals surface area (Å²) in [6, 6.07) is -0.532. The van der Waals surface area contributed by atoms with Crippen LogP contribution < -0.4 is 5.32 Å². The molecule has 2 amide bonds. The third-order valence-electron chi connectivity index (χ3n) is 2.89. The number of methoxy groups -OCH3 is 1. The van der Waals surface area contributed by atoms with E-state index in [-0.39, 0.29) is 37.5 Å². The van der Waals surface area contributed by atoms with Gasteiger partial charge in [-0.3, -0.25) is 9.59 Å². The van der Waals surface area contributed by atoms with Gasteiger partial charge in [0.2, 0.25) is 0 Å². The monoisotopic (exact) mass is 272 g/mol. The maximum Gasteiger partial charge on any atom is 0.317 e. The summed E-state index contributed by atoms with van der Waals surface area (Å²) in [5.74, 6) is -1.32. The van der Waals surface area contributed by atoms with Crippen molar-refractivity contribution in [3.8, 4) is 0 Å². The van der Waals surface area contributed by atoms with Gasteiger partial charge in [-0.05, 0) is 19.8 Å². The first-order chi connectivity index (χ1) is 8.93. The number of amides is 2. The molecule has 108 valence electrons. The van der Waals surface area contributed by atoms with Gasteiger partial charge in [0.1, 0.15) is 0 Å². The van der Waals surface area contributed by atoms with Gasteiger partial charge in [-0.15, -0.1) is 0 Å². The second-order valence-corrected chi connectivity index (χ2v) is 4.70. The lowest BCUT2D eigenvalue weighted by Crippen LogP contribution is -2.46. The predicted octanol–water partition coefficient (Wildman–Crippen LogP) is 0.587. The highest BCUT2D eigenvalue weighted by Crippen LogP contribution is 2.27. The number of carbonyl (C=O) groups excluding carboxylic acids is 2. The Kier molecular flexibility index (Phi) is 5.59. The molecular formula is C12H20N2O5. The lowest BCUT2D eigenvalue weighted by atomic mass is 10.2. The van der Waals surface area contributed by atoms with Gasteiger partial charge in [0.15, 0.2) is 0 Å². The fourth-order valence-electron chi connectivity index (χ4n) is 1.73. The summed E-state index contributed by atoms with van der Waals surface area (Å²) in [7, 11) is 1.29. The van der Waals surface area contributed by atoms with Crippen LogP contribution in [0.1, 0.15) is 32.6 Å². The predicted molar refractivity (Wildman–Crippen MR) is 66.6 cm³/mol. The molecule has 0 aliphatic heterocycles. The zero-order valence-corrected chi connectivity index (χ0v) is 11.2. The fraction of sp³-hybridized carbons (Fsp3) is 0.750. The molecule has 0 heterocycles. The standard InChI is InChI=1S/C12H20N2O5/c1-8(7-11(17)19-2)13-12(18)14(9-3-4-9)6-5-10(15)16/h8-9H,3-7H2,1-2H3,(H,13,18)(H,15,16). The zero-order valence-electron chi connectivity index (χ0n) is 11.2. The Hall–Kier alpha value is -1.79. The van der Waals surface area contributed by atoms with E-state index in [0.717, 1.165) is 12.8 Å². The van der Waals surface area contributed by atoms with E-state index in [2.05, 4.69) is 10.1 Å². The van der Waals surface area contributed by atoms with Crippen LogP contribution >= 0.6 is 0 Å². The first kappa shape index (κ1) is 15.3. The quantitative estimate of drug-likeness (QED) is 0.661. The summed E-state index contributed by atoms with van der Waals surface area (Å²) in [5, 5.41) is 11.3.